The van der Waals surface area contributed by atoms with Crippen molar-refractivity contribution in [2.75, 3.05) is 50.0 Å². The number of phosphoric acid groups is 1. The van der Waals surface area contributed by atoms with Crippen molar-refractivity contribution in [2.45, 2.75) is 95.2 Å². The first-order valence-corrected chi connectivity index (χ1v) is 32.6. The molecule has 2 aromatic carbocycles. The smallest absolute Gasteiger partial charge is 0.456 e. The number of carbonyl (C=O) groups is 2. The molecule has 452 valence electrons. The van der Waals surface area contributed by atoms with E-state index < -0.39 is 76.1 Å². The first-order valence-electron chi connectivity index (χ1n) is 26.4. The van der Waals surface area contributed by atoms with Gasteiger partial charge in [0, 0.05) is 65.6 Å². The maximum atomic E-state index is 13.1. The maximum absolute atomic E-state index is 13.1. The van der Waals surface area contributed by atoms with Crippen molar-refractivity contribution in [1.29, 1.82) is 0 Å². The number of hydrogen-bond donors (Lipinski definition) is 10. The van der Waals surface area contributed by atoms with Crippen LogP contribution in [0.4, 0.5) is 16.3 Å². The Hall–Kier alpha value is -6.52. The van der Waals surface area contributed by atoms with Gasteiger partial charge in [0.05, 0.1) is 23.9 Å². The second kappa shape index (κ2) is 26.0. The molecule has 1 fully saturated rings. The number of benzene rings is 3. The fourth-order valence-electron chi connectivity index (χ4n) is 10.1. The molecule has 2 unspecified atom stereocenters. The fourth-order valence-corrected chi connectivity index (χ4v) is 14.1. The number of fused-ring (bicyclic) bond motifs is 3. The molecule has 0 bridgehead atoms. The van der Waals surface area contributed by atoms with Gasteiger partial charge in [-0.05, 0) is 75.1 Å². The summed E-state index contributed by atoms with van der Waals surface area (Å²) in [4.78, 5) is 78.7. The summed E-state index contributed by atoms with van der Waals surface area (Å²) in [6, 6.07) is 20.7. The topological polar surface area (TPSA) is 403 Å². The molecule has 84 heavy (non-hydrogen) atoms. The van der Waals surface area contributed by atoms with Crippen LogP contribution >= 0.6 is 23.3 Å². The number of aliphatic hydroxyl groups is 1. The van der Waals surface area contributed by atoms with Crippen LogP contribution in [0.5, 0.6) is 0 Å². The number of alkyl carbamates (subject to hydrolysis) is 1. The van der Waals surface area contributed by atoms with E-state index in [2.05, 4.69) is 77.5 Å². The van der Waals surface area contributed by atoms with Gasteiger partial charge in [-0.25, -0.2) is 38.0 Å². The third-order valence-electron chi connectivity index (χ3n) is 14.1. The van der Waals surface area contributed by atoms with Crippen molar-refractivity contribution in [2.24, 2.45) is 0 Å². The molecule has 4 aromatic rings. The zero-order chi connectivity index (χ0) is 60.9. The number of anilines is 2. The molecule has 28 nitrogen and oxygen atoms in total. The van der Waals surface area contributed by atoms with E-state index in [0.717, 1.165) is 74.8 Å². The van der Waals surface area contributed by atoms with Gasteiger partial charge in [-0.1, -0.05) is 62.8 Å². The zero-order valence-electron chi connectivity index (χ0n) is 46.2. The number of hydrogen-bond acceptors (Lipinski definition) is 18. The Balaban J connectivity index is 0.892. The summed E-state index contributed by atoms with van der Waals surface area (Å²) in [7, 11) is -21.3. The molecule has 0 spiro atoms. The number of rotatable bonds is 24. The van der Waals surface area contributed by atoms with Gasteiger partial charge in [-0.2, -0.15) is 12.7 Å². The van der Waals surface area contributed by atoms with Gasteiger partial charge in [0.2, 0.25) is 11.3 Å². The third-order valence-corrected chi connectivity index (χ3v) is 19.2. The molecule has 5 heterocycles. The van der Waals surface area contributed by atoms with Crippen LogP contribution in [-0.4, -0.2) is 127 Å². The van der Waals surface area contributed by atoms with Gasteiger partial charge in [-0.3, -0.25) is 18.4 Å². The molecule has 0 radical (unpaired) electrons. The van der Waals surface area contributed by atoms with Crippen molar-refractivity contribution >= 4 is 74.2 Å². The van der Waals surface area contributed by atoms with Crippen molar-refractivity contribution in [3.8, 4) is 22.6 Å². The summed E-state index contributed by atoms with van der Waals surface area (Å²) >= 11 is 0. The number of aromatic nitrogens is 4. The summed E-state index contributed by atoms with van der Waals surface area (Å²) < 4.78 is 101. The van der Waals surface area contributed by atoms with Crippen LogP contribution in [0.15, 0.2) is 107 Å². The molecular formula is C52H66N10O18P3S+. The number of imidazole rings is 1. The molecule has 32 heteroatoms. The molecule has 11 N–H and O–H groups in total. The second-order valence-electron chi connectivity index (χ2n) is 20.1. The average Bonchev–Trinajstić information content (AvgIpc) is 1.84. The number of aliphatic hydroxyl groups excluding tert-OH is 1. The minimum Gasteiger partial charge on any atom is -0.456 e. The number of ether oxygens (including phenoxy) is 2. The molecule has 4 aliphatic rings. The van der Waals surface area contributed by atoms with Gasteiger partial charge >= 0.3 is 29.4 Å². The third kappa shape index (κ3) is 14.9. The summed E-state index contributed by atoms with van der Waals surface area (Å²) in [5.74, 6) is 1.11. The van der Waals surface area contributed by atoms with Crippen LogP contribution in [-0.2, 0) is 52.3 Å². The SMILES string of the molecule is CC[N+](CC)=c1ccc2c(/C=C/C=C3/N(CCCCCC(=O)NCCNC(=O)O[C@H]4[C@@H](O)[C@H](n5cnc6c(N)ncnc65)O[C@@H]4COP(=O)(O)OP(=O)(O)NP(=O)(O)O)c4ccc(S(=O)(=O)O)cc4C3(C)C)c(C)c(-c3ccccc3)oc-2c1. The van der Waals surface area contributed by atoms with E-state index in [1.165, 1.54) is 23.0 Å². The Labute approximate surface area is 482 Å². The van der Waals surface area contributed by atoms with Crippen molar-refractivity contribution in [3.63, 3.8) is 0 Å². The largest absolute Gasteiger partial charge is 0.480 e. The first-order chi connectivity index (χ1) is 39.6. The van der Waals surface area contributed by atoms with Crippen molar-refractivity contribution < 1.29 is 83.7 Å². The first kappa shape index (κ1) is 63.5. The van der Waals surface area contributed by atoms with Crippen LogP contribution < -0.4 is 36.1 Å². The van der Waals surface area contributed by atoms with E-state index in [0.29, 0.717) is 31.4 Å². The molecule has 8 rings (SSSR count). The van der Waals surface area contributed by atoms with E-state index in [4.69, 9.17) is 33.9 Å². The number of amides is 2. The summed E-state index contributed by atoms with van der Waals surface area (Å²) in [5.41, 5.74) is 11.5. The highest BCUT2D eigenvalue weighted by molar-refractivity contribution is 7.85. The molecule has 1 aliphatic carbocycles. The van der Waals surface area contributed by atoms with Gasteiger partial charge < -0.3 is 59.8 Å². The molecule has 0 saturated carbocycles. The molecule has 3 aliphatic heterocycles. The van der Waals surface area contributed by atoms with Crippen LogP contribution in [0.3, 0.4) is 0 Å². The fraction of sp³-hybridized carbons (Fsp3) is 0.385. The summed E-state index contributed by atoms with van der Waals surface area (Å²) in [6.45, 7) is 11.1. The number of carbonyl (C=O) groups excluding carboxylic acids is 2. The predicted molar refractivity (Wildman–Crippen MR) is 307 cm³/mol. The molecular weight excluding hydrogens is 1180 g/mol. The number of phosphoric ester groups is 1. The normalized spacial score (nSPS) is 19.8. The lowest BCUT2D eigenvalue weighted by Gasteiger charge is -2.27. The summed E-state index contributed by atoms with van der Waals surface area (Å²) in [5, 5.41) is 17.6. The van der Waals surface area contributed by atoms with Gasteiger partial charge in [-0.15, -0.1) is 4.86 Å². The highest BCUT2D eigenvalue weighted by atomic mass is 32.2. The Morgan fingerprint density at radius 2 is 1.67 bits per heavy atom. The number of nitrogens with two attached hydrogens (primary N) is 1. The van der Waals surface area contributed by atoms with Crippen LogP contribution in [0.1, 0.15) is 76.3 Å². The number of nitrogens with one attached hydrogen (secondary N) is 3. The average molecular weight is 1240 g/mol. The van der Waals surface area contributed by atoms with E-state index >= 15 is 0 Å². The quantitative estimate of drug-likeness (QED) is 0.0155. The lowest BCUT2D eigenvalue weighted by Crippen LogP contribution is -2.42. The lowest BCUT2D eigenvalue weighted by atomic mass is 9.83. The Kier molecular flexibility index (Phi) is 19.6. The monoisotopic (exact) mass is 1240 g/mol. The van der Waals surface area contributed by atoms with Crippen LogP contribution in [0.2, 0.25) is 0 Å². The van der Waals surface area contributed by atoms with E-state index in [1.54, 1.807) is 6.07 Å². The zero-order valence-corrected chi connectivity index (χ0v) is 49.7. The molecule has 6 atom stereocenters. The van der Waals surface area contributed by atoms with E-state index in [-0.39, 0.29) is 47.3 Å². The van der Waals surface area contributed by atoms with E-state index in [1.807, 2.05) is 63.3 Å². The van der Waals surface area contributed by atoms with Crippen LogP contribution in [0, 0.1) is 6.92 Å². The van der Waals surface area contributed by atoms with Gasteiger partial charge in [0.25, 0.3) is 10.1 Å². The minimum absolute atomic E-state index is 0.0300. The molecule has 2 amide bonds. The predicted octanol–water partition coefficient (Wildman–Crippen LogP) is 5.48. The number of nitrogen functional groups attached to an aromatic ring is 1. The van der Waals surface area contributed by atoms with Crippen molar-refractivity contribution in [3.05, 3.63) is 119 Å². The standard InChI is InChI=1S/C52H65N10O18P3S/c1-6-60(7-2)34-20-22-37-36(32(3)46(77-40(37)27-34)33-15-10-8-11-16-33)17-14-18-42-52(4,5)38-28-35(84(73,74)75)21-23-39(38)61(42)26-13-9-12-19-43(63)54-24-25-55-51(65)79-47-41(29-76-83(71,72)80-82(69,70)59-81(66,67)68)78-50(45(47)64)62-31-58-44-48(53)56-30-57-49(44)62/h8,10-11,14-18,20-23,27-28,30-31,41,45,47,50,64H,6-7,9,12-13,19,24-26,29H2,1-5H3,(H9-,53,54,55,56,57,59,63,65,66,67,68,69,70,71,72,73,74,75)/p+1/t41-,45-,47-,50-/m1/s1. The Morgan fingerprint density at radius 1 is 0.940 bits per heavy atom. The van der Waals surface area contributed by atoms with Gasteiger partial charge in [0.1, 0.15) is 48.7 Å². The van der Waals surface area contributed by atoms with Crippen molar-refractivity contribution in [1.82, 2.24) is 39.6 Å². The number of nitrogens with zero attached hydrogens (tertiary/aromatic N) is 6. The number of allylic oxidation sites excluding steroid dienone is 3. The second-order valence-corrected chi connectivity index (χ2v) is 26.3. The van der Waals surface area contributed by atoms with E-state index in [9.17, 15) is 51.1 Å². The number of unbranched alkanes of at least 4 members (excludes halogenated alkanes) is 2. The Morgan fingerprint density at radius 3 is 2.37 bits per heavy atom. The molecule has 1 saturated heterocycles. The van der Waals surface area contributed by atoms with Gasteiger partial charge in [0.15, 0.2) is 23.8 Å². The maximum Gasteiger partial charge on any atom is 0.480 e. The molecule has 2 aromatic heterocycles. The summed E-state index contributed by atoms with van der Waals surface area (Å²) in [6.07, 6.45) is 2.44. The minimum atomic E-state index is -5.65. The highest BCUT2D eigenvalue weighted by Gasteiger charge is 2.50. The Bertz CT molecular complexity index is 3790. The highest BCUT2D eigenvalue weighted by Crippen LogP contribution is 2.61. The van der Waals surface area contributed by atoms with Crippen LogP contribution in [0.25, 0.3) is 39.9 Å². The lowest BCUT2D eigenvalue weighted by molar-refractivity contribution is -0.121.